The highest BCUT2D eigenvalue weighted by atomic mass is 16.5. The average molecular weight is 234 g/mol. The normalized spacial score (nSPS) is 19.4. The van der Waals surface area contributed by atoms with Gasteiger partial charge in [-0.25, -0.2) is 0 Å². The molecule has 0 spiro atoms. The van der Waals surface area contributed by atoms with Crippen LogP contribution in [0.4, 0.5) is 0 Å². The van der Waals surface area contributed by atoms with Gasteiger partial charge in [0, 0.05) is 26.1 Å². The molecule has 1 aliphatic rings. The van der Waals surface area contributed by atoms with Gasteiger partial charge < -0.3 is 15.4 Å². The van der Waals surface area contributed by atoms with Crippen LogP contribution in [0.2, 0.25) is 0 Å². The maximum atomic E-state index is 12.2. The summed E-state index contributed by atoms with van der Waals surface area (Å²) >= 11 is 0. The second kappa shape index (κ2) is 4.75. The molecule has 1 aliphatic heterocycles. The monoisotopic (exact) mass is 234 g/mol. The number of carbonyl (C=O) groups is 1. The van der Waals surface area contributed by atoms with E-state index in [1.807, 2.05) is 31.2 Å². The number of para-hydroxylation sites is 1. The predicted octanol–water partition coefficient (Wildman–Crippen LogP) is 0.796. The van der Waals surface area contributed by atoms with Crippen LogP contribution in [0, 0.1) is 0 Å². The van der Waals surface area contributed by atoms with E-state index in [4.69, 9.17) is 10.5 Å². The zero-order chi connectivity index (χ0) is 12.4. The lowest BCUT2D eigenvalue weighted by atomic mass is 10.1. The third-order valence-corrected chi connectivity index (χ3v) is 3.27. The number of carbonyl (C=O) groups excluding carboxylic acids is 1. The number of amides is 1. The number of ether oxygens (including phenoxy) is 1. The van der Waals surface area contributed by atoms with Gasteiger partial charge in [0.15, 0.2) is 6.10 Å². The van der Waals surface area contributed by atoms with Gasteiger partial charge in [-0.3, -0.25) is 4.79 Å². The molecule has 0 saturated heterocycles. The van der Waals surface area contributed by atoms with Crippen molar-refractivity contribution in [2.45, 2.75) is 25.5 Å². The highest BCUT2D eigenvalue weighted by Crippen LogP contribution is 2.28. The van der Waals surface area contributed by atoms with Crippen LogP contribution in [-0.4, -0.2) is 36.5 Å². The van der Waals surface area contributed by atoms with Crippen molar-refractivity contribution >= 4 is 5.91 Å². The first kappa shape index (κ1) is 11.9. The molecule has 17 heavy (non-hydrogen) atoms. The average Bonchev–Trinajstić information content (AvgIpc) is 2.79. The van der Waals surface area contributed by atoms with Crippen molar-refractivity contribution < 1.29 is 9.53 Å². The number of nitrogens with zero attached hydrogens (tertiary/aromatic N) is 1. The van der Waals surface area contributed by atoms with Crippen LogP contribution in [0.1, 0.15) is 12.5 Å². The van der Waals surface area contributed by atoms with Gasteiger partial charge in [-0.2, -0.15) is 0 Å². The van der Waals surface area contributed by atoms with Gasteiger partial charge >= 0.3 is 0 Å². The number of likely N-dealkylation sites (N-methyl/N-ethyl adjacent to an activating group) is 1. The molecule has 2 atom stereocenters. The second-order valence-electron chi connectivity index (χ2n) is 4.45. The number of hydrogen-bond donors (Lipinski definition) is 1. The Morgan fingerprint density at radius 2 is 2.29 bits per heavy atom. The molecule has 2 N–H and O–H groups in total. The molecule has 1 aromatic rings. The van der Waals surface area contributed by atoms with Crippen LogP contribution in [0.25, 0.3) is 0 Å². The van der Waals surface area contributed by atoms with Gasteiger partial charge in [0.1, 0.15) is 5.75 Å². The summed E-state index contributed by atoms with van der Waals surface area (Å²) in [5, 5.41) is 0. The third-order valence-electron chi connectivity index (χ3n) is 3.27. The van der Waals surface area contributed by atoms with Crippen LogP contribution in [0.3, 0.4) is 0 Å². The van der Waals surface area contributed by atoms with Crippen molar-refractivity contribution in [2.24, 2.45) is 5.73 Å². The Labute approximate surface area is 101 Å². The summed E-state index contributed by atoms with van der Waals surface area (Å²) in [7, 11) is 1.77. The highest BCUT2D eigenvalue weighted by molar-refractivity contribution is 5.82. The molecule has 0 aromatic heterocycles. The second-order valence-corrected chi connectivity index (χ2v) is 4.45. The van der Waals surface area contributed by atoms with Gasteiger partial charge in [0.2, 0.25) is 0 Å². The quantitative estimate of drug-likeness (QED) is 0.841. The summed E-state index contributed by atoms with van der Waals surface area (Å²) in [5.74, 6) is 0.818. The molecule has 0 fully saturated rings. The van der Waals surface area contributed by atoms with E-state index in [1.165, 1.54) is 0 Å². The lowest BCUT2D eigenvalue weighted by Crippen LogP contribution is -2.46. The number of fused-ring (bicyclic) bond motifs is 1. The van der Waals surface area contributed by atoms with E-state index in [1.54, 1.807) is 11.9 Å². The van der Waals surface area contributed by atoms with Crippen molar-refractivity contribution in [3.8, 4) is 5.75 Å². The summed E-state index contributed by atoms with van der Waals surface area (Å²) in [6.45, 7) is 2.39. The molecule has 1 heterocycles. The maximum absolute atomic E-state index is 12.2. The Bertz CT molecular complexity index is 395. The molecular weight excluding hydrogens is 216 g/mol. The maximum Gasteiger partial charge on any atom is 0.264 e. The zero-order valence-corrected chi connectivity index (χ0v) is 10.2. The first-order valence-electron chi connectivity index (χ1n) is 5.84. The minimum absolute atomic E-state index is 0.000787. The van der Waals surface area contributed by atoms with Gasteiger partial charge in [0.05, 0.1) is 0 Å². The van der Waals surface area contributed by atoms with E-state index in [0.29, 0.717) is 13.0 Å². The lowest BCUT2D eigenvalue weighted by molar-refractivity contribution is -0.138. The Morgan fingerprint density at radius 3 is 2.94 bits per heavy atom. The van der Waals surface area contributed by atoms with Crippen LogP contribution in [0.5, 0.6) is 5.75 Å². The molecule has 0 radical (unpaired) electrons. The molecule has 0 bridgehead atoms. The van der Waals surface area contributed by atoms with E-state index in [-0.39, 0.29) is 11.9 Å². The number of benzene rings is 1. The molecule has 4 heteroatoms. The van der Waals surface area contributed by atoms with E-state index in [9.17, 15) is 4.79 Å². The Balaban J connectivity index is 2.05. The topological polar surface area (TPSA) is 55.6 Å². The van der Waals surface area contributed by atoms with Crippen molar-refractivity contribution in [3.05, 3.63) is 29.8 Å². The molecule has 2 unspecified atom stereocenters. The molecule has 0 aliphatic carbocycles. The fourth-order valence-electron chi connectivity index (χ4n) is 1.92. The Hall–Kier alpha value is -1.55. The summed E-state index contributed by atoms with van der Waals surface area (Å²) in [5.41, 5.74) is 6.66. The summed E-state index contributed by atoms with van der Waals surface area (Å²) in [4.78, 5) is 13.8. The number of hydrogen-bond acceptors (Lipinski definition) is 3. The molecule has 0 saturated carbocycles. The first-order valence-corrected chi connectivity index (χ1v) is 5.84. The van der Waals surface area contributed by atoms with Crippen molar-refractivity contribution in [3.63, 3.8) is 0 Å². The van der Waals surface area contributed by atoms with E-state index in [2.05, 4.69) is 0 Å². The van der Waals surface area contributed by atoms with E-state index < -0.39 is 6.10 Å². The number of rotatable bonds is 3. The van der Waals surface area contributed by atoms with Crippen LogP contribution in [-0.2, 0) is 11.2 Å². The van der Waals surface area contributed by atoms with Gasteiger partial charge in [-0.15, -0.1) is 0 Å². The molecule has 2 rings (SSSR count). The fraction of sp³-hybridized carbons (Fsp3) is 0.462. The van der Waals surface area contributed by atoms with Crippen molar-refractivity contribution in [2.75, 3.05) is 13.6 Å². The smallest absolute Gasteiger partial charge is 0.264 e. The summed E-state index contributed by atoms with van der Waals surface area (Å²) in [6, 6.07) is 7.80. The van der Waals surface area contributed by atoms with Gasteiger partial charge in [0.25, 0.3) is 5.91 Å². The Morgan fingerprint density at radius 1 is 1.59 bits per heavy atom. The molecule has 1 amide bonds. The standard InChI is InChI=1S/C13H18N2O2/c1-9(8-14)15(2)13(16)12-7-10-5-3-4-6-11(10)17-12/h3-6,9,12H,7-8,14H2,1-2H3. The van der Waals surface area contributed by atoms with Gasteiger partial charge in [-0.05, 0) is 18.6 Å². The molecule has 92 valence electrons. The SMILES string of the molecule is CC(CN)N(C)C(=O)C1Cc2ccccc2O1. The largest absolute Gasteiger partial charge is 0.480 e. The molecular formula is C13H18N2O2. The summed E-state index contributed by atoms with van der Waals surface area (Å²) in [6.07, 6.45) is 0.253. The fourth-order valence-corrected chi connectivity index (χ4v) is 1.92. The molecule has 4 nitrogen and oxygen atoms in total. The van der Waals surface area contributed by atoms with E-state index >= 15 is 0 Å². The highest BCUT2D eigenvalue weighted by Gasteiger charge is 2.32. The lowest BCUT2D eigenvalue weighted by Gasteiger charge is -2.26. The molecule has 1 aromatic carbocycles. The first-order chi connectivity index (χ1) is 8.13. The number of nitrogens with two attached hydrogens (primary N) is 1. The van der Waals surface area contributed by atoms with Crippen LogP contribution < -0.4 is 10.5 Å². The van der Waals surface area contributed by atoms with E-state index in [0.717, 1.165) is 11.3 Å². The minimum atomic E-state index is -0.397. The van der Waals surface area contributed by atoms with Gasteiger partial charge in [-0.1, -0.05) is 18.2 Å². The van der Waals surface area contributed by atoms with Crippen molar-refractivity contribution in [1.82, 2.24) is 4.90 Å². The van der Waals surface area contributed by atoms with Crippen LogP contribution in [0.15, 0.2) is 24.3 Å². The van der Waals surface area contributed by atoms with Crippen molar-refractivity contribution in [1.29, 1.82) is 0 Å². The predicted molar refractivity (Wildman–Crippen MR) is 65.8 cm³/mol. The minimum Gasteiger partial charge on any atom is -0.480 e. The third kappa shape index (κ3) is 2.26. The Kier molecular flexibility index (Phi) is 3.33. The van der Waals surface area contributed by atoms with Crippen LogP contribution >= 0.6 is 0 Å². The summed E-state index contributed by atoms with van der Waals surface area (Å²) < 4.78 is 5.65. The zero-order valence-electron chi connectivity index (χ0n) is 10.2.